The summed E-state index contributed by atoms with van der Waals surface area (Å²) in [5, 5.41) is 3.02. The lowest BCUT2D eigenvalue weighted by Gasteiger charge is -2.38. The van der Waals surface area contributed by atoms with Crippen molar-refractivity contribution < 1.29 is 19.1 Å². The van der Waals surface area contributed by atoms with Crippen LogP contribution in [0.15, 0.2) is 24.3 Å². The molecule has 1 aromatic rings. The Morgan fingerprint density at radius 2 is 1.90 bits per heavy atom. The number of amides is 2. The van der Waals surface area contributed by atoms with Crippen molar-refractivity contribution in [1.82, 2.24) is 4.90 Å². The highest BCUT2D eigenvalue weighted by Gasteiger charge is 2.42. The Kier molecular flexibility index (Phi) is 7.53. The summed E-state index contributed by atoms with van der Waals surface area (Å²) < 4.78 is 11.7. The third-order valence-electron chi connectivity index (χ3n) is 5.89. The second-order valence-corrected chi connectivity index (χ2v) is 8.40. The molecule has 29 heavy (non-hydrogen) atoms. The number of hydrogen-bond donors (Lipinski definition) is 1. The molecule has 0 spiro atoms. The van der Waals surface area contributed by atoms with Crippen molar-refractivity contribution in [3.8, 4) is 5.75 Å². The van der Waals surface area contributed by atoms with Gasteiger partial charge in [-0.1, -0.05) is 20.3 Å². The van der Waals surface area contributed by atoms with Crippen molar-refractivity contribution in [2.45, 2.75) is 64.4 Å². The number of ether oxygens (including phenoxy) is 2. The minimum Gasteiger partial charge on any atom is -0.484 e. The Hall–Kier alpha value is -2.08. The molecule has 2 atom stereocenters. The van der Waals surface area contributed by atoms with E-state index in [4.69, 9.17) is 9.47 Å². The number of nitrogens with one attached hydrogen (secondary N) is 1. The average molecular weight is 403 g/mol. The molecule has 0 radical (unpaired) electrons. The maximum absolute atomic E-state index is 13.1. The highest BCUT2D eigenvalue weighted by molar-refractivity contribution is 5.97. The normalized spacial score (nSPS) is 24.3. The van der Waals surface area contributed by atoms with Gasteiger partial charge in [-0.05, 0) is 68.7 Å². The topological polar surface area (TPSA) is 67.9 Å². The van der Waals surface area contributed by atoms with Crippen LogP contribution in [0.25, 0.3) is 0 Å². The first kappa shape index (κ1) is 21.6. The first-order valence-corrected chi connectivity index (χ1v) is 11.0. The number of anilines is 1. The first-order valence-electron chi connectivity index (χ1n) is 11.0. The van der Waals surface area contributed by atoms with Gasteiger partial charge in [0.05, 0.1) is 0 Å². The third-order valence-corrected chi connectivity index (χ3v) is 5.89. The van der Waals surface area contributed by atoms with Gasteiger partial charge in [0.15, 0.2) is 6.61 Å². The molecule has 2 aliphatic rings. The third kappa shape index (κ3) is 5.72. The van der Waals surface area contributed by atoms with Crippen LogP contribution in [0.4, 0.5) is 5.69 Å². The quantitative estimate of drug-likeness (QED) is 0.714. The molecule has 0 bridgehead atoms. The maximum atomic E-state index is 13.1. The van der Waals surface area contributed by atoms with E-state index in [1.807, 2.05) is 17.0 Å². The summed E-state index contributed by atoms with van der Waals surface area (Å²) in [6.07, 6.45) is 6.72. The molecule has 2 fully saturated rings. The molecule has 0 unspecified atom stereocenters. The lowest BCUT2D eigenvalue weighted by molar-refractivity contribution is -0.148. The van der Waals surface area contributed by atoms with E-state index in [1.165, 1.54) is 0 Å². The van der Waals surface area contributed by atoms with Gasteiger partial charge in [0.2, 0.25) is 0 Å². The van der Waals surface area contributed by atoms with Gasteiger partial charge in [-0.2, -0.15) is 0 Å². The number of carbonyl (C=O) groups excluding carboxylic acids is 2. The molecule has 1 aliphatic carbocycles. The van der Waals surface area contributed by atoms with Crippen LogP contribution in [0.1, 0.15) is 58.8 Å². The maximum Gasteiger partial charge on any atom is 0.260 e. The molecule has 1 aliphatic heterocycles. The Morgan fingerprint density at radius 1 is 1.17 bits per heavy atom. The van der Waals surface area contributed by atoms with Crippen LogP contribution in [0.2, 0.25) is 0 Å². The zero-order chi connectivity index (χ0) is 20.7. The van der Waals surface area contributed by atoms with Gasteiger partial charge in [-0.15, -0.1) is 0 Å². The number of nitrogens with zero attached hydrogens (tertiary/aromatic N) is 1. The molecule has 160 valence electrons. The van der Waals surface area contributed by atoms with Crippen molar-refractivity contribution >= 4 is 17.5 Å². The zero-order valence-corrected chi connectivity index (χ0v) is 17.7. The fraction of sp³-hybridized carbons (Fsp3) is 0.652. The van der Waals surface area contributed by atoms with Crippen molar-refractivity contribution in [1.29, 1.82) is 0 Å². The number of carbonyl (C=O) groups is 2. The van der Waals surface area contributed by atoms with Gasteiger partial charge in [-0.25, -0.2) is 0 Å². The average Bonchev–Trinajstić information content (AvgIpc) is 3.26. The summed E-state index contributed by atoms with van der Waals surface area (Å²) >= 11 is 0. The van der Waals surface area contributed by atoms with Crippen molar-refractivity contribution in [2.75, 3.05) is 31.6 Å². The predicted octanol–water partition coefficient (Wildman–Crippen LogP) is 4.00. The van der Waals surface area contributed by atoms with Crippen LogP contribution in [-0.2, 0) is 14.3 Å². The van der Waals surface area contributed by atoms with Crippen LogP contribution < -0.4 is 10.1 Å². The van der Waals surface area contributed by atoms with E-state index in [0.717, 1.165) is 58.0 Å². The van der Waals surface area contributed by atoms with Crippen LogP contribution in [0.5, 0.6) is 5.75 Å². The van der Waals surface area contributed by atoms with Gasteiger partial charge >= 0.3 is 0 Å². The summed E-state index contributed by atoms with van der Waals surface area (Å²) in [7, 11) is 0. The molecule has 2 amide bonds. The largest absolute Gasteiger partial charge is 0.484 e. The number of hydrogen-bond acceptors (Lipinski definition) is 4. The van der Waals surface area contributed by atoms with E-state index < -0.39 is 5.60 Å². The molecule has 1 saturated carbocycles. The van der Waals surface area contributed by atoms with E-state index in [-0.39, 0.29) is 18.4 Å². The van der Waals surface area contributed by atoms with Gasteiger partial charge < -0.3 is 19.7 Å². The van der Waals surface area contributed by atoms with Crippen LogP contribution in [0, 0.1) is 5.92 Å². The van der Waals surface area contributed by atoms with Crippen LogP contribution in [-0.4, -0.2) is 48.6 Å². The number of likely N-dealkylation sites (tertiary alicyclic amines) is 1. The highest BCUT2D eigenvalue weighted by Crippen LogP contribution is 2.36. The van der Waals surface area contributed by atoms with Crippen molar-refractivity contribution in [2.24, 2.45) is 5.92 Å². The van der Waals surface area contributed by atoms with Gasteiger partial charge in [0.25, 0.3) is 11.8 Å². The Morgan fingerprint density at radius 3 is 2.55 bits per heavy atom. The molecule has 6 nitrogen and oxygen atoms in total. The molecule has 0 aromatic heterocycles. The second-order valence-electron chi connectivity index (χ2n) is 8.40. The van der Waals surface area contributed by atoms with E-state index in [0.29, 0.717) is 24.0 Å². The van der Waals surface area contributed by atoms with E-state index in [1.54, 1.807) is 12.1 Å². The Labute approximate surface area is 173 Å². The molecule has 1 heterocycles. The summed E-state index contributed by atoms with van der Waals surface area (Å²) in [6, 6.07) is 7.20. The van der Waals surface area contributed by atoms with E-state index >= 15 is 0 Å². The van der Waals surface area contributed by atoms with Crippen molar-refractivity contribution in [3.63, 3.8) is 0 Å². The molecule has 1 aromatic carbocycles. The van der Waals surface area contributed by atoms with E-state index in [2.05, 4.69) is 19.2 Å². The summed E-state index contributed by atoms with van der Waals surface area (Å²) in [6.45, 7) is 6.55. The fourth-order valence-electron chi connectivity index (χ4n) is 4.29. The Balaban J connectivity index is 1.56. The van der Waals surface area contributed by atoms with Gasteiger partial charge in [-0.3, -0.25) is 9.59 Å². The molecule has 3 rings (SSSR count). The minimum atomic E-state index is -0.731. The van der Waals surface area contributed by atoms with Gasteiger partial charge in [0, 0.05) is 25.4 Å². The lowest BCUT2D eigenvalue weighted by Crippen LogP contribution is -2.48. The second kappa shape index (κ2) is 10.1. The standard InChI is InChI=1S/C23H34N2O4/c1-3-15-29-23(12-6-7-18(2)16-23)22(27)24-19-8-10-20(11-9-19)28-17-21(26)25-13-4-5-14-25/h8-11,18H,3-7,12-17H2,1-2H3,(H,24,27)/t18-,23-/m1/s1. The van der Waals surface area contributed by atoms with Crippen LogP contribution in [0.3, 0.4) is 0 Å². The Bertz CT molecular complexity index is 685. The van der Waals surface area contributed by atoms with Crippen molar-refractivity contribution in [3.05, 3.63) is 24.3 Å². The highest BCUT2D eigenvalue weighted by atomic mass is 16.5. The SMILES string of the molecule is CCCO[C@]1(C(=O)Nc2ccc(OCC(=O)N3CCCC3)cc2)CCC[C@@H](C)C1. The molecular weight excluding hydrogens is 368 g/mol. The summed E-state index contributed by atoms with van der Waals surface area (Å²) in [5.74, 6) is 1.07. The molecule has 6 heteroatoms. The van der Waals surface area contributed by atoms with Gasteiger partial charge in [0.1, 0.15) is 11.4 Å². The molecular formula is C23H34N2O4. The lowest BCUT2D eigenvalue weighted by atomic mass is 9.78. The number of benzene rings is 1. The summed E-state index contributed by atoms with van der Waals surface area (Å²) in [4.78, 5) is 27.0. The fourth-order valence-corrected chi connectivity index (χ4v) is 4.29. The smallest absolute Gasteiger partial charge is 0.260 e. The minimum absolute atomic E-state index is 0.0290. The first-order chi connectivity index (χ1) is 14.0. The molecule has 1 saturated heterocycles. The van der Waals surface area contributed by atoms with Crippen LogP contribution >= 0.6 is 0 Å². The number of rotatable bonds is 8. The predicted molar refractivity (Wildman–Crippen MR) is 113 cm³/mol. The zero-order valence-electron chi connectivity index (χ0n) is 17.7. The molecule has 1 N–H and O–H groups in total. The van der Waals surface area contributed by atoms with E-state index in [9.17, 15) is 9.59 Å². The monoisotopic (exact) mass is 402 g/mol. The summed E-state index contributed by atoms with van der Waals surface area (Å²) in [5.41, 5.74) is -0.0173.